The van der Waals surface area contributed by atoms with Gasteiger partial charge >= 0.3 is 13.6 Å². The minimum absolute atomic E-state index is 0.0404. The molecule has 11 heteroatoms. The minimum atomic E-state index is -3.47. The number of rotatable bonds is 21. The molecule has 0 radical (unpaired) electrons. The Morgan fingerprint density at radius 1 is 1.09 bits per heavy atom. The summed E-state index contributed by atoms with van der Waals surface area (Å²) in [6.45, 7) is 12.0. The molecule has 0 amide bonds. The number of carbonyl (C=O) groups is 3. The zero-order valence-electron chi connectivity index (χ0n) is 27.7. The zero-order chi connectivity index (χ0) is 34.0. The van der Waals surface area contributed by atoms with E-state index in [4.69, 9.17) is 28.0 Å². The Balaban J connectivity index is 2.04. The number of allylic oxidation sites excluding steroid dienone is 3. The van der Waals surface area contributed by atoms with E-state index in [1.54, 1.807) is 34.0 Å². The Hall–Kier alpha value is -3.14. The third-order valence-corrected chi connectivity index (χ3v) is 8.92. The maximum Gasteiger partial charge on any atom is 0.338 e. The molecular formula is C35H49O10P. The number of benzene rings is 1. The molecule has 2 rings (SSSR count). The van der Waals surface area contributed by atoms with Crippen LogP contribution in [0.3, 0.4) is 0 Å². The molecule has 0 saturated carbocycles. The van der Waals surface area contributed by atoms with Crippen LogP contribution in [0.25, 0.3) is 0 Å². The minimum Gasteiger partial charge on any atom is -0.497 e. The van der Waals surface area contributed by atoms with Crippen LogP contribution in [-0.4, -0.2) is 69.4 Å². The summed E-state index contributed by atoms with van der Waals surface area (Å²) >= 11 is 0. The van der Waals surface area contributed by atoms with E-state index in [-0.39, 0.29) is 50.4 Å². The van der Waals surface area contributed by atoms with Gasteiger partial charge in [0.1, 0.15) is 30.1 Å². The lowest BCUT2D eigenvalue weighted by molar-refractivity contribution is -0.146. The summed E-state index contributed by atoms with van der Waals surface area (Å²) in [7, 11) is -1.87. The van der Waals surface area contributed by atoms with Gasteiger partial charge < -0.3 is 32.8 Å². The lowest BCUT2D eigenvalue weighted by atomic mass is 9.96. The highest BCUT2D eigenvalue weighted by atomic mass is 31.2. The molecular weight excluding hydrogens is 611 g/mol. The Morgan fingerprint density at radius 3 is 2.41 bits per heavy atom. The maximum atomic E-state index is 12.8. The summed E-state index contributed by atoms with van der Waals surface area (Å²) in [4.78, 5) is 36.3. The van der Waals surface area contributed by atoms with Crippen molar-refractivity contribution in [1.29, 1.82) is 0 Å². The number of ether oxygens (including phenoxy) is 4. The molecule has 10 nitrogen and oxygen atoms in total. The molecule has 0 unspecified atom stereocenters. The number of hydrogen-bond donors (Lipinski definition) is 0. The largest absolute Gasteiger partial charge is 0.497 e. The third-order valence-electron chi connectivity index (χ3n) is 6.88. The fourth-order valence-corrected chi connectivity index (χ4v) is 6.53. The van der Waals surface area contributed by atoms with Gasteiger partial charge in [-0.25, -0.2) is 4.79 Å². The van der Waals surface area contributed by atoms with Crippen molar-refractivity contribution in [2.75, 3.05) is 33.1 Å². The van der Waals surface area contributed by atoms with Crippen molar-refractivity contribution in [1.82, 2.24) is 0 Å². The number of esters is 1. The molecule has 1 heterocycles. The van der Waals surface area contributed by atoms with Gasteiger partial charge in [-0.1, -0.05) is 53.7 Å². The Morgan fingerprint density at radius 2 is 1.78 bits per heavy atom. The van der Waals surface area contributed by atoms with Gasteiger partial charge in [-0.2, -0.15) is 0 Å². The molecule has 1 aromatic carbocycles. The second kappa shape index (κ2) is 20.9. The number of Topliss-reactive ketones (excluding diaryl/α,β-unsaturated/α-hetero) is 1. The molecule has 0 spiro atoms. The highest BCUT2D eigenvalue weighted by molar-refractivity contribution is 7.54. The van der Waals surface area contributed by atoms with Crippen LogP contribution in [0.1, 0.15) is 65.4 Å². The van der Waals surface area contributed by atoms with E-state index in [1.165, 1.54) is 12.2 Å². The van der Waals surface area contributed by atoms with E-state index in [0.717, 1.165) is 28.7 Å². The molecule has 46 heavy (non-hydrogen) atoms. The van der Waals surface area contributed by atoms with Gasteiger partial charge in [-0.15, -0.1) is 0 Å². The van der Waals surface area contributed by atoms with Gasteiger partial charge in [0.05, 0.1) is 45.7 Å². The second-order valence-corrected chi connectivity index (χ2v) is 13.2. The molecule has 1 fully saturated rings. The van der Waals surface area contributed by atoms with E-state index in [1.807, 2.05) is 37.3 Å². The number of aldehydes is 1. The van der Waals surface area contributed by atoms with Crippen LogP contribution >= 0.6 is 7.60 Å². The highest BCUT2D eigenvalue weighted by Crippen LogP contribution is 2.48. The fourth-order valence-electron chi connectivity index (χ4n) is 4.95. The first-order valence-electron chi connectivity index (χ1n) is 15.6. The van der Waals surface area contributed by atoms with E-state index in [0.29, 0.717) is 37.9 Å². The zero-order valence-corrected chi connectivity index (χ0v) is 28.6. The monoisotopic (exact) mass is 660 g/mol. The van der Waals surface area contributed by atoms with Crippen LogP contribution < -0.4 is 4.74 Å². The van der Waals surface area contributed by atoms with Crippen LogP contribution in [0.15, 0.2) is 71.9 Å². The molecule has 1 saturated heterocycles. The molecule has 254 valence electrons. The molecule has 1 aliphatic heterocycles. The quantitative estimate of drug-likeness (QED) is 0.0344. The van der Waals surface area contributed by atoms with Gasteiger partial charge in [0.15, 0.2) is 0 Å². The summed E-state index contributed by atoms with van der Waals surface area (Å²) in [6, 6.07) is 7.51. The SMILES string of the molecule is C=C1C[C@H](CC=O)O[C@H](/C=C(\C)C[C@@H](COCc2ccc(OC)cc2)OC(=O)/C=C/C=C(/C)CC(=O)CP(=O)(OCC)OCC)C1. The normalized spacial score (nSPS) is 18.4. The van der Waals surface area contributed by atoms with Crippen molar-refractivity contribution in [3.05, 3.63) is 77.4 Å². The highest BCUT2D eigenvalue weighted by Gasteiger charge is 2.27. The number of ketones is 1. The van der Waals surface area contributed by atoms with Crippen LogP contribution in [0.5, 0.6) is 5.75 Å². The van der Waals surface area contributed by atoms with Gasteiger partial charge in [0.25, 0.3) is 0 Å². The van der Waals surface area contributed by atoms with E-state index in [9.17, 15) is 18.9 Å². The van der Waals surface area contributed by atoms with Crippen LogP contribution in [0, 0.1) is 0 Å². The molecule has 0 aromatic heterocycles. The molecule has 1 aliphatic rings. The Labute approximate surface area is 273 Å². The van der Waals surface area contributed by atoms with Crippen molar-refractivity contribution in [2.24, 2.45) is 0 Å². The Kier molecular flexibility index (Phi) is 17.7. The van der Waals surface area contributed by atoms with Crippen molar-refractivity contribution in [2.45, 2.75) is 84.7 Å². The van der Waals surface area contributed by atoms with E-state index >= 15 is 0 Å². The summed E-state index contributed by atoms with van der Waals surface area (Å²) in [5.74, 6) is -0.100. The maximum absolute atomic E-state index is 12.8. The van der Waals surface area contributed by atoms with Crippen LogP contribution in [-0.2, 0) is 48.8 Å². The van der Waals surface area contributed by atoms with Gasteiger partial charge in [-0.05, 0) is 58.2 Å². The molecule has 3 atom stereocenters. The average molecular weight is 661 g/mol. The van der Waals surface area contributed by atoms with Gasteiger partial charge in [0.2, 0.25) is 0 Å². The topological polar surface area (TPSA) is 124 Å². The smallest absolute Gasteiger partial charge is 0.338 e. The standard InChI is InChI=1S/C35H49O10P/c1-7-42-46(39,43-8-2)25-30(37)18-26(3)10-9-11-35(38)45-34(24-41-23-29-12-14-31(40-6)15-13-29)22-28(5)21-33-20-27(4)19-32(44-33)16-17-36/h9-15,17,21,32-34H,4,7-8,16,18-20,22-25H2,1-3,5-6H3/b11-9+,26-10-,28-21+/t32-,33-,34-/m0/s1. The second-order valence-electron chi connectivity index (χ2n) is 11.2. The first-order valence-corrected chi connectivity index (χ1v) is 17.3. The average Bonchev–Trinajstić information content (AvgIpc) is 2.97. The molecule has 1 aromatic rings. The lowest BCUT2D eigenvalue weighted by Gasteiger charge is -2.29. The summed E-state index contributed by atoms with van der Waals surface area (Å²) < 4.78 is 46.0. The fraction of sp³-hybridized carbons (Fsp3) is 0.514. The van der Waals surface area contributed by atoms with E-state index in [2.05, 4.69) is 6.58 Å². The van der Waals surface area contributed by atoms with E-state index < -0.39 is 19.7 Å². The first kappa shape index (κ1) is 39.0. The van der Waals surface area contributed by atoms with Crippen molar-refractivity contribution < 1.29 is 46.9 Å². The molecule has 0 N–H and O–H groups in total. The number of methoxy groups -OCH3 is 1. The van der Waals surface area contributed by atoms with Crippen LogP contribution in [0.2, 0.25) is 0 Å². The Bertz CT molecular complexity index is 1270. The molecule has 0 aliphatic carbocycles. The third kappa shape index (κ3) is 15.4. The summed E-state index contributed by atoms with van der Waals surface area (Å²) in [5.41, 5.74) is 3.60. The lowest BCUT2D eigenvalue weighted by Crippen LogP contribution is -2.28. The van der Waals surface area contributed by atoms with Gasteiger partial charge in [0, 0.05) is 25.3 Å². The van der Waals surface area contributed by atoms with Crippen molar-refractivity contribution in [3.63, 3.8) is 0 Å². The predicted octanol–water partition coefficient (Wildman–Crippen LogP) is 6.88. The first-order chi connectivity index (χ1) is 22.0. The van der Waals surface area contributed by atoms with Crippen LogP contribution in [0.4, 0.5) is 0 Å². The molecule has 0 bridgehead atoms. The van der Waals surface area contributed by atoms with Crippen molar-refractivity contribution >= 4 is 25.6 Å². The summed E-state index contributed by atoms with van der Waals surface area (Å²) in [5, 5.41) is 0. The van der Waals surface area contributed by atoms with Gasteiger partial charge in [-0.3, -0.25) is 9.36 Å². The van der Waals surface area contributed by atoms with Crippen molar-refractivity contribution in [3.8, 4) is 5.75 Å². The summed E-state index contributed by atoms with van der Waals surface area (Å²) in [6.07, 6.45) is 8.08. The number of carbonyl (C=O) groups excluding carboxylic acids is 3. The predicted molar refractivity (Wildman–Crippen MR) is 177 cm³/mol. The number of hydrogen-bond acceptors (Lipinski definition) is 10.